The van der Waals surface area contributed by atoms with E-state index in [9.17, 15) is 0 Å². The van der Waals surface area contributed by atoms with E-state index in [0.717, 1.165) is 30.5 Å². The summed E-state index contributed by atoms with van der Waals surface area (Å²) in [5, 5.41) is 0. The summed E-state index contributed by atoms with van der Waals surface area (Å²) in [6.45, 7) is 2.36. The van der Waals surface area contributed by atoms with Gasteiger partial charge in [-0.1, -0.05) is 28.1 Å². The second kappa shape index (κ2) is 4.64. The quantitative estimate of drug-likeness (QED) is 0.915. The maximum atomic E-state index is 5.86. The van der Waals surface area contributed by atoms with E-state index in [1.165, 1.54) is 5.56 Å². The standard InChI is InChI=1S/C12H16BrNO/c13-11-3-1-2-10(6-11)7-12(8-14)4-5-15-9-12/h1-3,6H,4-5,7-9,14H2. The monoisotopic (exact) mass is 269 g/mol. The van der Waals surface area contributed by atoms with Crippen molar-refractivity contribution in [3.05, 3.63) is 34.3 Å². The molecule has 1 atom stereocenters. The minimum absolute atomic E-state index is 0.167. The number of ether oxygens (including phenoxy) is 1. The highest BCUT2D eigenvalue weighted by molar-refractivity contribution is 9.10. The van der Waals surface area contributed by atoms with Gasteiger partial charge in [-0.05, 0) is 30.5 Å². The Morgan fingerprint density at radius 2 is 2.33 bits per heavy atom. The van der Waals surface area contributed by atoms with Crippen LogP contribution < -0.4 is 5.73 Å². The van der Waals surface area contributed by atoms with E-state index >= 15 is 0 Å². The topological polar surface area (TPSA) is 35.2 Å². The summed E-state index contributed by atoms with van der Waals surface area (Å²) < 4.78 is 6.59. The van der Waals surface area contributed by atoms with Crippen molar-refractivity contribution < 1.29 is 4.74 Å². The molecule has 3 heteroatoms. The largest absolute Gasteiger partial charge is 0.381 e. The zero-order valence-corrected chi connectivity index (χ0v) is 10.3. The van der Waals surface area contributed by atoms with E-state index in [4.69, 9.17) is 10.5 Å². The van der Waals surface area contributed by atoms with Gasteiger partial charge >= 0.3 is 0 Å². The van der Waals surface area contributed by atoms with E-state index in [-0.39, 0.29) is 5.41 Å². The SMILES string of the molecule is NCC1(Cc2cccc(Br)c2)CCOC1. The van der Waals surface area contributed by atoms with Crippen molar-refractivity contribution in [2.24, 2.45) is 11.1 Å². The average Bonchev–Trinajstić information content (AvgIpc) is 2.67. The van der Waals surface area contributed by atoms with Gasteiger partial charge in [0.2, 0.25) is 0 Å². The van der Waals surface area contributed by atoms with Crippen LogP contribution in [0.3, 0.4) is 0 Å². The van der Waals surface area contributed by atoms with Crippen molar-refractivity contribution >= 4 is 15.9 Å². The Balaban J connectivity index is 2.12. The van der Waals surface area contributed by atoms with Gasteiger partial charge in [-0.25, -0.2) is 0 Å². The molecule has 2 N–H and O–H groups in total. The molecule has 0 aromatic heterocycles. The third-order valence-corrected chi connectivity index (χ3v) is 3.58. The summed E-state index contributed by atoms with van der Waals surface area (Å²) >= 11 is 3.49. The first-order chi connectivity index (χ1) is 7.24. The lowest BCUT2D eigenvalue weighted by atomic mass is 9.81. The maximum absolute atomic E-state index is 5.86. The number of halogens is 1. The lowest BCUT2D eigenvalue weighted by molar-refractivity contribution is 0.154. The zero-order chi connectivity index (χ0) is 10.7. The van der Waals surface area contributed by atoms with Gasteiger partial charge in [0.25, 0.3) is 0 Å². The summed E-state index contributed by atoms with van der Waals surface area (Å²) in [6.07, 6.45) is 2.10. The van der Waals surface area contributed by atoms with Crippen LogP contribution in [0.4, 0.5) is 0 Å². The van der Waals surface area contributed by atoms with Crippen molar-refractivity contribution in [2.45, 2.75) is 12.8 Å². The molecule has 1 heterocycles. The van der Waals surface area contributed by atoms with Crippen LogP contribution in [0.5, 0.6) is 0 Å². The Morgan fingerprint density at radius 3 is 2.93 bits per heavy atom. The molecule has 1 fully saturated rings. The number of hydrogen-bond acceptors (Lipinski definition) is 2. The summed E-state index contributed by atoms with van der Waals surface area (Å²) in [4.78, 5) is 0. The Bertz CT molecular complexity index is 334. The van der Waals surface area contributed by atoms with Gasteiger partial charge in [0.15, 0.2) is 0 Å². The lowest BCUT2D eigenvalue weighted by Gasteiger charge is -2.25. The highest BCUT2D eigenvalue weighted by atomic mass is 79.9. The van der Waals surface area contributed by atoms with Gasteiger partial charge < -0.3 is 10.5 Å². The predicted molar refractivity (Wildman–Crippen MR) is 64.8 cm³/mol. The van der Waals surface area contributed by atoms with Crippen LogP contribution in [0.1, 0.15) is 12.0 Å². The first-order valence-corrected chi connectivity index (χ1v) is 6.06. The van der Waals surface area contributed by atoms with Crippen LogP contribution in [-0.4, -0.2) is 19.8 Å². The molecule has 1 aliphatic heterocycles. The number of benzene rings is 1. The first-order valence-electron chi connectivity index (χ1n) is 5.26. The molecular weight excluding hydrogens is 254 g/mol. The smallest absolute Gasteiger partial charge is 0.0538 e. The van der Waals surface area contributed by atoms with Crippen molar-refractivity contribution in [1.82, 2.24) is 0 Å². The fourth-order valence-corrected chi connectivity index (χ4v) is 2.55. The Morgan fingerprint density at radius 1 is 1.47 bits per heavy atom. The van der Waals surface area contributed by atoms with Crippen molar-refractivity contribution in [2.75, 3.05) is 19.8 Å². The molecule has 1 aromatic carbocycles. The molecule has 0 spiro atoms. The fourth-order valence-electron chi connectivity index (χ4n) is 2.10. The van der Waals surface area contributed by atoms with Gasteiger partial charge in [-0.3, -0.25) is 0 Å². The number of hydrogen-bond donors (Lipinski definition) is 1. The molecule has 0 bridgehead atoms. The van der Waals surface area contributed by atoms with E-state index in [1.54, 1.807) is 0 Å². The van der Waals surface area contributed by atoms with Crippen LogP contribution in [0.2, 0.25) is 0 Å². The molecular formula is C12H16BrNO. The van der Waals surface area contributed by atoms with Gasteiger partial charge in [0.05, 0.1) is 6.61 Å². The summed E-state index contributed by atoms with van der Waals surface area (Å²) in [7, 11) is 0. The molecule has 2 rings (SSSR count). The van der Waals surface area contributed by atoms with Crippen LogP contribution in [-0.2, 0) is 11.2 Å². The van der Waals surface area contributed by atoms with Gasteiger partial charge in [0.1, 0.15) is 0 Å². The molecule has 82 valence electrons. The molecule has 1 saturated heterocycles. The zero-order valence-electron chi connectivity index (χ0n) is 8.71. The van der Waals surface area contributed by atoms with Crippen molar-refractivity contribution in [1.29, 1.82) is 0 Å². The molecule has 0 saturated carbocycles. The third-order valence-electron chi connectivity index (χ3n) is 3.09. The minimum atomic E-state index is 0.167. The van der Waals surface area contributed by atoms with Crippen molar-refractivity contribution in [3.63, 3.8) is 0 Å². The second-order valence-electron chi connectivity index (χ2n) is 4.31. The second-order valence-corrected chi connectivity index (χ2v) is 5.23. The van der Waals surface area contributed by atoms with Crippen LogP contribution in [0.15, 0.2) is 28.7 Å². The van der Waals surface area contributed by atoms with Gasteiger partial charge in [-0.2, -0.15) is 0 Å². The Hall–Kier alpha value is -0.380. The predicted octanol–water partition coefficient (Wildman–Crippen LogP) is 2.36. The summed E-state index contributed by atoms with van der Waals surface area (Å²) in [5.41, 5.74) is 7.36. The average molecular weight is 270 g/mol. The fraction of sp³-hybridized carbons (Fsp3) is 0.500. The number of nitrogens with two attached hydrogens (primary N) is 1. The minimum Gasteiger partial charge on any atom is -0.381 e. The van der Waals surface area contributed by atoms with E-state index in [0.29, 0.717) is 6.54 Å². The number of rotatable bonds is 3. The molecule has 0 aliphatic carbocycles. The van der Waals surface area contributed by atoms with Crippen molar-refractivity contribution in [3.8, 4) is 0 Å². The molecule has 1 aliphatic rings. The van der Waals surface area contributed by atoms with E-state index < -0.39 is 0 Å². The van der Waals surface area contributed by atoms with E-state index in [1.807, 2.05) is 6.07 Å². The lowest BCUT2D eigenvalue weighted by Crippen LogP contribution is -2.33. The molecule has 0 radical (unpaired) electrons. The summed E-state index contributed by atoms with van der Waals surface area (Å²) in [5.74, 6) is 0. The Kier molecular flexibility index (Phi) is 3.44. The normalized spacial score (nSPS) is 25.7. The Labute approximate surface area is 98.9 Å². The van der Waals surface area contributed by atoms with Crippen LogP contribution >= 0.6 is 15.9 Å². The van der Waals surface area contributed by atoms with E-state index in [2.05, 4.69) is 34.1 Å². The molecule has 0 amide bonds. The molecule has 1 aromatic rings. The highest BCUT2D eigenvalue weighted by Crippen LogP contribution is 2.32. The van der Waals surface area contributed by atoms with Gasteiger partial charge in [0, 0.05) is 23.0 Å². The van der Waals surface area contributed by atoms with Crippen LogP contribution in [0, 0.1) is 5.41 Å². The maximum Gasteiger partial charge on any atom is 0.0538 e. The summed E-state index contributed by atoms with van der Waals surface area (Å²) in [6, 6.07) is 8.43. The van der Waals surface area contributed by atoms with Gasteiger partial charge in [-0.15, -0.1) is 0 Å². The first kappa shape index (κ1) is 11.1. The molecule has 15 heavy (non-hydrogen) atoms. The van der Waals surface area contributed by atoms with Crippen LogP contribution in [0.25, 0.3) is 0 Å². The third kappa shape index (κ3) is 2.60. The molecule has 1 unspecified atom stereocenters. The molecule has 2 nitrogen and oxygen atoms in total. The highest BCUT2D eigenvalue weighted by Gasteiger charge is 2.33.